The van der Waals surface area contributed by atoms with Crippen molar-refractivity contribution in [2.24, 2.45) is 5.73 Å². The molecule has 7 heteroatoms. The van der Waals surface area contributed by atoms with Crippen LogP contribution in [0.4, 0.5) is 13.2 Å². The van der Waals surface area contributed by atoms with Crippen LogP contribution in [0.25, 0.3) is 0 Å². The predicted molar refractivity (Wildman–Crippen MR) is 64.2 cm³/mol. The number of alkyl halides is 3. The number of sulfone groups is 1. The van der Waals surface area contributed by atoms with E-state index in [2.05, 4.69) is 0 Å². The van der Waals surface area contributed by atoms with Crippen molar-refractivity contribution >= 4 is 9.84 Å². The zero-order valence-corrected chi connectivity index (χ0v) is 10.8. The second kappa shape index (κ2) is 4.79. The predicted octanol–water partition coefficient (Wildman–Crippen LogP) is 2.36. The first kappa shape index (κ1) is 14.3. The Morgan fingerprint density at radius 3 is 2.11 bits per heavy atom. The molecule has 19 heavy (non-hydrogen) atoms. The highest BCUT2D eigenvalue weighted by Gasteiger charge is 2.35. The average molecular weight is 293 g/mol. The number of hydrogen-bond acceptors (Lipinski definition) is 3. The summed E-state index contributed by atoms with van der Waals surface area (Å²) in [5.41, 5.74) is 4.82. The van der Waals surface area contributed by atoms with Crippen molar-refractivity contribution in [3.8, 4) is 0 Å². The molecular formula is C12H14F3NO2S. The standard InChI is InChI=1S/C12H14F3NO2S/c13-12(14,15)8-1-4-10(5-2-8)19(17,18)11-6-3-9(16)7-11/h1-2,4-5,9,11H,3,6-7,16H2. The Bertz CT molecular complexity index is 551. The average Bonchev–Trinajstić information content (AvgIpc) is 2.76. The van der Waals surface area contributed by atoms with Gasteiger partial charge < -0.3 is 5.73 Å². The number of rotatable bonds is 2. The lowest BCUT2D eigenvalue weighted by Gasteiger charge is -2.12. The number of hydrogen-bond donors (Lipinski definition) is 1. The van der Waals surface area contributed by atoms with Crippen LogP contribution in [0.15, 0.2) is 29.2 Å². The van der Waals surface area contributed by atoms with Gasteiger partial charge in [0.05, 0.1) is 15.7 Å². The molecule has 2 atom stereocenters. The van der Waals surface area contributed by atoms with E-state index in [0.717, 1.165) is 24.3 Å². The molecule has 106 valence electrons. The normalized spacial score (nSPS) is 24.6. The summed E-state index contributed by atoms with van der Waals surface area (Å²) in [6.07, 6.45) is -3.00. The molecule has 2 unspecified atom stereocenters. The lowest BCUT2D eigenvalue weighted by atomic mass is 10.2. The summed E-state index contributed by atoms with van der Waals surface area (Å²) < 4.78 is 61.6. The van der Waals surface area contributed by atoms with Crippen LogP contribution >= 0.6 is 0 Å². The van der Waals surface area contributed by atoms with Crippen molar-refractivity contribution < 1.29 is 21.6 Å². The van der Waals surface area contributed by atoms with E-state index in [1.54, 1.807) is 0 Å². The zero-order chi connectivity index (χ0) is 14.3. The Hall–Kier alpha value is -1.08. The summed E-state index contributed by atoms with van der Waals surface area (Å²) in [6, 6.07) is 3.47. The molecule has 0 radical (unpaired) electrons. The van der Waals surface area contributed by atoms with Crippen molar-refractivity contribution in [3.05, 3.63) is 29.8 Å². The van der Waals surface area contributed by atoms with Crippen molar-refractivity contribution in [1.82, 2.24) is 0 Å². The fourth-order valence-electron chi connectivity index (χ4n) is 2.28. The molecule has 1 fully saturated rings. The molecule has 0 aromatic heterocycles. The van der Waals surface area contributed by atoms with E-state index in [1.807, 2.05) is 0 Å². The Morgan fingerprint density at radius 2 is 1.68 bits per heavy atom. The van der Waals surface area contributed by atoms with Gasteiger partial charge in [-0.25, -0.2) is 8.42 Å². The van der Waals surface area contributed by atoms with Crippen LogP contribution in [-0.2, 0) is 16.0 Å². The maximum atomic E-state index is 12.4. The van der Waals surface area contributed by atoms with Gasteiger partial charge in [0.1, 0.15) is 0 Å². The molecule has 1 aliphatic rings. The lowest BCUT2D eigenvalue weighted by Crippen LogP contribution is -2.22. The first-order chi connectivity index (χ1) is 8.71. The minimum Gasteiger partial charge on any atom is -0.328 e. The second-order valence-electron chi connectivity index (χ2n) is 4.76. The summed E-state index contributed by atoms with van der Waals surface area (Å²) in [6.45, 7) is 0. The van der Waals surface area contributed by atoms with Crippen molar-refractivity contribution in [1.29, 1.82) is 0 Å². The molecule has 1 aliphatic carbocycles. The van der Waals surface area contributed by atoms with Crippen LogP contribution in [0.1, 0.15) is 24.8 Å². The Morgan fingerprint density at radius 1 is 1.11 bits per heavy atom. The Labute approximate surface area is 109 Å². The Balaban J connectivity index is 2.27. The SMILES string of the molecule is NC1CCC(S(=O)(=O)c2ccc(C(F)(F)F)cc2)C1. The molecule has 2 N–H and O–H groups in total. The van der Waals surface area contributed by atoms with Crippen molar-refractivity contribution in [3.63, 3.8) is 0 Å². The molecular weight excluding hydrogens is 279 g/mol. The molecule has 0 saturated heterocycles. The molecule has 0 amide bonds. The van der Waals surface area contributed by atoms with E-state index in [-0.39, 0.29) is 10.9 Å². The van der Waals surface area contributed by atoms with Gasteiger partial charge in [0, 0.05) is 6.04 Å². The van der Waals surface area contributed by atoms with Gasteiger partial charge in [-0.2, -0.15) is 13.2 Å². The third-order valence-electron chi connectivity index (χ3n) is 3.37. The molecule has 2 rings (SSSR count). The molecule has 3 nitrogen and oxygen atoms in total. The first-order valence-corrected chi connectivity index (χ1v) is 7.42. The van der Waals surface area contributed by atoms with Crippen molar-refractivity contribution in [2.75, 3.05) is 0 Å². The van der Waals surface area contributed by atoms with Gasteiger partial charge in [0.25, 0.3) is 0 Å². The van der Waals surface area contributed by atoms with Gasteiger partial charge in [-0.3, -0.25) is 0 Å². The van der Waals surface area contributed by atoms with E-state index >= 15 is 0 Å². The monoisotopic (exact) mass is 293 g/mol. The van der Waals surface area contributed by atoms with Crippen LogP contribution in [-0.4, -0.2) is 19.7 Å². The second-order valence-corrected chi connectivity index (χ2v) is 6.99. The van der Waals surface area contributed by atoms with Gasteiger partial charge in [-0.05, 0) is 43.5 Å². The number of nitrogens with two attached hydrogens (primary N) is 1. The lowest BCUT2D eigenvalue weighted by molar-refractivity contribution is -0.137. The number of halogens is 3. The van der Waals surface area contributed by atoms with Crippen LogP contribution in [0, 0.1) is 0 Å². The van der Waals surface area contributed by atoms with E-state index in [1.165, 1.54) is 0 Å². The van der Waals surface area contributed by atoms with Crippen LogP contribution < -0.4 is 5.73 Å². The van der Waals surface area contributed by atoms with E-state index in [0.29, 0.717) is 19.3 Å². The van der Waals surface area contributed by atoms with Gasteiger partial charge in [0.15, 0.2) is 9.84 Å². The highest BCUT2D eigenvalue weighted by molar-refractivity contribution is 7.92. The van der Waals surface area contributed by atoms with E-state index in [9.17, 15) is 21.6 Å². The zero-order valence-electron chi connectivity index (χ0n) is 10.0. The molecule has 0 bridgehead atoms. The smallest absolute Gasteiger partial charge is 0.328 e. The fourth-order valence-corrected chi connectivity index (χ4v) is 4.13. The maximum absolute atomic E-state index is 12.4. The highest BCUT2D eigenvalue weighted by Crippen LogP contribution is 2.32. The van der Waals surface area contributed by atoms with E-state index in [4.69, 9.17) is 5.73 Å². The summed E-state index contributed by atoms with van der Waals surface area (Å²) in [4.78, 5) is -0.0698. The third kappa shape index (κ3) is 2.92. The Kier molecular flexibility index (Phi) is 3.61. The fraction of sp³-hybridized carbons (Fsp3) is 0.500. The van der Waals surface area contributed by atoms with Gasteiger partial charge in [0.2, 0.25) is 0 Å². The molecule has 0 spiro atoms. The summed E-state index contributed by atoms with van der Waals surface area (Å²) in [5, 5.41) is -0.584. The minimum atomic E-state index is -4.46. The minimum absolute atomic E-state index is 0.0698. The molecule has 1 aromatic rings. The summed E-state index contributed by atoms with van der Waals surface area (Å²) in [5.74, 6) is 0. The van der Waals surface area contributed by atoms with E-state index < -0.39 is 26.8 Å². The van der Waals surface area contributed by atoms with Gasteiger partial charge in [-0.1, -0.05) is 0 Å². The van der Waals surface area contributed by atoms with Crippen LogP contribution in [0.2, 0.25) is 0 Å². The summed E-state index contributed by atoms with van der Waals surface area (Å²) in [7, 11) is -3.58. The van der Waals surface area contributed by atoms with Crippen molar-refractivity contribution in [2.45, 2.75) is 41.6 Å². The highest BCUT2D eigenvalue weighted by atomic mass is 32.2. The van der Waals surface area contributed by atoms with Gasteiger partial charge in [-0.15, -0.1) is 0 Å². The molecule has 1 aromatic carbocycles. The van der Waals surface area contributed by atoms with Gasteiger partial charge >= 0.3 is 6.18 Å². The summed E-state index contributed by atoms with van der Waals surface area (Å²) >= 11 is 0. The quantitative estimate of drug-likeness (QED) is 0.910. The third-order valence-corrected chi connectivity index (χ3v) is 5.61. The molecule has 1 saturated carbocycles. The van der Waals surface area contributed by atoms with Crippen LogP contribution in [0.5, 0.6) is 0 Å². The molecule has 0 heterocycles. The van der Waals surface area contributed by atoms with Crippen LogP contribution in [0.3, 0.4) is 0 Å². The maximum Gasteiger partial charge on any atom is 0.416 e. The molecule has 0 aliphatic heterocycles. The largest absolute Gasteiger partial charge is 0.416 e. The number of benzene rings is 1. The first-order valence-electron chi connectivity index (χ1n) is 5.88. The topological polar surface area (TPSA) is 60.2 Å².